The van der Waals surface area contributed by atoms with Crippen molar-refractivity contribution in [1.82, 2.24) is 9.97 Å². The van der Waals surface area contributed by atoms with Crippen LogP contribution in [0.25, 0.3) is 10.9 Å². The van der Waals surface area contributed by atoms with Gasteiger partial charge in [0.05, 0.1) is 17.6 Å². The second-order valence-corrected chi connectivity index (χ2v) is 8.07. The molecule has 2 aromatic heterocycles. The predicted octanol–water partition coefficient (Wildman–Crippen LogP) is 5.50. The number of carboxylic acids is 1. The van der Waals surface area contributed by atoms with Crippen LogP contribution in [0.4, 0.5) is 23.2 Å². The van der Waals surface area contributed by atoms with Gasteiger partial charge in [-0.1, -0.05) is 29.8 Å². The fourth-order valence-corrected chi connectivity index (χ4v) is 3.58. The van der Waals surface area contributed by atoms with Crippen LogP contribution in [0, 0.1) is 12.7 Å². The zero-order valence-electron chi connectivity index (χ0n) is 19.0. The molecule has 0 radical (unpaired) electrons. The number of rotatable bonds is 4. The summed E-state index contributed by atoms with van der Waals surface area (Å²) in [6.07, 6.45) is -3.47. The van der Waals surface area contributed by atoms with E-state index in [1.165, 1.54) is 17.0 Å². The maximum atomic E-state index is 14.3. The number of amides is 1. The number of aromatic amines is 1. The van der Waals surface area contributed by atoms with Gasteiger partial charge >= 0.3 is 12.1 Å². The molecule has 0 saturated carbocycles. The number of carboxylic acid groups (broad SMARTS) is 1. The number of carbonyl (C=O) groups excluding carboxylic acids is 1. The number of pyridine rings is 2. The summed E-state index contributed by atoms with van der Waals surface area (Å²) in [7, 11) is 0. The molecule has 0 unspecified atom stereocenters. The second kappa shape index (κ2) is 11.2. The van der Waals surface area contributed by atoms with Crippen molar-refractivity contribution in [2.75, 3.05) is 4.90 Å². The molecule has 192 valence electrons. The first-order valence-electron chi connectivity index (χ1n) is 10.5. The summed E-state index contributed by atoms with van der Waals surface area (Å²) in [5.74, 6) is -3.59. The molecule has 0 spiro atoms. The molecule has 2 aromatic carbocycles. The van der Waals surface area contributed by atoms with E-state index >= 15 is 0 Å². The summed E-state index contributed by atoms with van der Waals surface area (Å²) < 4.78 is 46.0. The van der Waals surface area contributed by atoms with Crippen molar-refractivity contribution in [3.8, 4) is 0 Å². The number of H-pyrrole nitrogens is 1. The smallest absolute Gasteiger partial charge is 0.475 e. The number of hydrogen-bond donors (Lipinski definition) is 2. The van der Waals surface area contributed by atoms with Crippen LogP contribution in [-0.2, 0) is 11.3 Å². The predicted molar refractivity (Wildman–Crippen MR) is 129 cm³/mol. The van der Waals surface area contributed by atoms with Crippen molar-refractivity contribution in [3.63, 3.8) is 0 Å². The molecule has 7 nitrogen and oxygen atoms in total. The third kappa shape index (κ3) is 6.70. The third-order valence-electron chi connectivity index (χ3n) is 5.09. The number of halogens is 5. The maximum absolute atomic E-state index is 14.3. The van der Waals surface area contributed by atoms with Gasteiger partial charge in [0, 0.05) is 34.1 Å². The standard InChI is InChI=1S/C23H17ClFN3O2.C2HF3O2/c1-14-18(8-4-10-26-14)23(30)28(17-6-2-5-16(24)12-17)13-15-11-21(29)27-22-19(15)7-3-9-20(22)25;3-2(4,5)1(6)7/h2-12H,13H2,1H3,(H,27,29);(H,6,7). The molecule has 1 amide bonds. The lowest BCUT2D eigenvalue weighted by Crippen LogP contribution is -2.31. The highest BCUT2D eigenvalue weighted by atomic mass is 35.5. The molecule has 0 atom stereocenters. The van der Waals surface area contributed by atoms with Crippen molar-refractivity contribution < 1.29 is 32.3 Å². The molecule has 0 bridgehead atoms. The highest BCUT2D eigenvalue weighted by Crippen LogP contribution is 2.26. The van der Waals surface area contributed by atoms with Gasteiger partial charge in [-0.25, -0.2) is 9.18 Å². The van der Waals surface area contributed by atoms with Crippen LogP contribution < -0.4 is 10.5 Å². The van der Waals surface area contributed by atoms with Crippen LogP contribution in [0.5, 0.6) is 0 Å². The van der Waals surface area contributed by atoms with Gasteiger partial charge in [0.25, 0.3) is 5.91 Å². The van der Waals surface area contributed by atoms with Gasteiger partial charge in [0.2, 0.25) is 5.56 Å². The van der Waals surface area contributed by atoms with E-state index in [0.717, 1.165) is 0 Å². The van der Waals surface area contributed by atoms with Gasteiger partial charge in [-0.3, -0.25) is 14.6 Å². The van der Waals surface area contributed by atoms with Gasteiger partial charge in [0.15, 0.2) is 0 Å². The maximum Gasteiger partial charge on any atom is 0.490 e. The lowest BCUT2D eigenvalue weighted by Gasteiger charge is -2.24. The molecular weight excluding hydrogens is 518 g/mol. The molecule has 12 heteroatoms. The van der Waals surface area contributed by atoms with Gasteiger partial charge < -0.3 is 15.0 Å². The van der Waals surface area contributed by atoms with Crippen LogP contribution in [0.2, 0.25) is 5.02 Å². The fourth-order valence-electron chi connectivity index (χ4n) is 3.40. The van der Waals surface area contributed by atoms with E-state index in [1.54, 1.807) is 61.7 Å². The van der Waals surface area contributed by atoms with Crippen molar-refractivity contribution in [2.45, 2.75) is 19.6 Å². The Bertz CT molecular complexity index is 1520. The van der Waals surface area contributed by atoms with Crippen LogP contribution in [0.1, 0.15) is 21.6 Å². The second-order valence-electron chi connectivity index (χ2n) is 7.63. The summed E-state index contributed by atoms with van der Waals surface area (Å²) in [5.41, 5.74) is 1.74. The minimum atomic E-state index is -5.08. The van der Waals surface area contributed by atoms with E-state index in [2.05, 4.69) is 9.97 Å². The summed E-state index contributed by atoms with van der Waals surface area (Å²) in [6.45, 7) is 1.80. The Labute approximate surface area is 212 Å². The minimum Gasteiger partial charge on any atom is -0.475 e. The number of alkyl halides is 3. The summed E-state index contributed by atoms with van der Waals surface area (Å²) in [6, 6.07) is 16.2. The van der Waals surface area contributed by atoms with E-state index in [0.29, 0.717) is 32.9 Å². The zero-order chi connectivity index (χ0) is 27.3. The number of nitrogens with zero attached hydrogens (tertiary/aromatic N) is 2. The van der Waals surface area contributed by atoms with Crippen molar-refractivity contribution in [1.29, 1.82) is 0 Å². The third-order valence-corrected chi connectivity index (χ3v) is 5.32. The average Bonchev–Trinajstić information content (AvgIpc) is 2.83. The van der Waals surface area contributed by atoms with Gasteiger partial charge in [-0.2, -0.15) is 13.2 Å². The Balaban J connectivity index is 0.000000479. The highest BCUT2D eigenvalue weighted by molar-refractivity contribution is 6.31. The van der Waals surface area contributed by atoms with Gasteiger partial charge in [-0.15, -0.1) is 0 Å². The van der Waals surface area contributed by atoms with Crippen molar-refractivity contribution in [2.24, 2.45) is 0 Å². The van der Waals surface area contributed by atoms with Crippen LogP contribution in [0.3, 0.4) is 0 Å². The van der Waals surface area contributed by atoms with Crippen molar-refractivity contribution in [3.05, 3.63) is 105 Å². The number of anilines is 1. The number of hydrogen-bond acceptors (Lipinski definition) is 4. The first-order chi connectivity index (χ1) is 17.4. The number of aliphatic carboxylic acids is 1. The fraction of sp³-hybridized carbons (Fsp3) is 0.120. The Morgan fingerprint density at radius 2 is 1.76 bits per heavy atom. The number of benzene rings is 2. The molecule has 0 fully saturated rings. The minimum absolute atomic E-state index is 0.0530. The molecule has 0 aliphatic carbocycles. The molecule has 2 N–H and O–H groups in total. The lowest BCUT2D eigenvalue weighted by molar-refractivity contribution is -0.192. The summed E-state index contributed by atoms with van der Waals surface area (Å²) >= 11 is 6.16. The van der Waals surface area contributed by atoms with Crippen LogP contribution in [0.15, 0.2) is 71.7 Å². The molecule has 0 saturated heterocycles. The van der Waals surface area contributed by atoms with Gasteiger partial charge in [0.1, 0.15) is 5.82 Å². The molecule has 0 aliphatic heterocycles. The zero-order valence-corrected chi connectivity index (χ0v) is 19.8. The Morgan fingerprint density at radius 3 is 2.38 bits per heavy atom. The van der Waals surface area contributed by atoms with E-state index < -0.39 is 23.5 Å². The van der Waals surface area contributed by atoms with Crippen molar-refractivity contribution >= 4 is 40.1 Å². The number of fused-ring (bicyclic) bond motifs is 1. The van der Waals surface area contributed by atoms with Gasteiger partial charge in [-0.05, 0) is 48.9 Å². The molecule has 4 aromatic rings. The van der Waals surface area contributed by atoms with E-state index in [-0.39, 0.29) is 18.0 Å². The normalized spacial score (nSPS) is 11.0. The monoisotopic (exact) mass is 535 g/mol. The summed E-state index contributed by atoms with van der Waals surface area (Å²) in [4.78, 5) is 42.7. The number of carbonyl (C=O) groups is 2. The SMILES string of the molecule is Cc1ncccc1C(=O)N(Cc1cc(=O)[nH]c2c(F)cccc12)c1cccc(Cl)c1.O=C(O)C(F)(F)F. The first kappa shape index (κ1) is 27.3. The Morgan fingerprint density at radius 1 is 1.08 bits per heavy atom. The largest absolute Gasteiger partial charge is 0.490 e. The number of aromatic nitrogens is 2. The molecule has 37 heavy (non-hydrogen) atoms. The highest BCUT2D eigenvalue weighted by Gasteiger charge is 2.38. The molecule has 2 heterocycles. The summed E-state index contributed by atoms with van der Waals surface area (Å²) in [5, 5.41) is 8.12. The average molecular weight is 536 g/mol. The van der Waals surface area contributed by atoms with Crippen LogP contribution in [-0.4, -0.2) is 33.1 Å². The molecule has 0 aliphatic rings. The lowest BCUT2D eigenvalue weighted by atomic mass is 10.1. The quantitative estimate of drug-likeness (QED) is 0.336. The van der Waals surface area contributed by atoms with E-state index in [1.807, 2.05) is 0 Å². The topological polar surface area (TPSA) is 103 Å². The van der Waals surface area contributed by atoms with E-state index in [4.69, 9.17) is 21.5 Å². The number of para-hydroxylation sites is 1. The molecule has 4 rings (SSSR count). The Hall–Kier alpha value is -4.25. The Kier molecular flexibility index (Phi) is 8.28. The number of aryl methyl sites for hydroxylation is 1. The first-order valence-corrected chi connectivity index (χ1v) is 10.9. The molecular formula is C25H18ClF4N3O4. The van der Waals surface area contributed by atoms with Crippen LogP contribution >= 0.6 is 11.6 Å². The van der Waals surface area contributed by atoms with E-state index in [9.17, 15) is 27.2 Å². The number of nitrogens with one attached hydrogen (secondary N) is 1.